The SMILES string of the molecule is CC(C)(C)N(CCN(Cc1ccccn1)Cc1ccccn1)Cc1cccnc1. The Balaban J connectivity index is 1.70. The summed E-state index contributed by atoms with van der Waals surface area (Å²) in [6.07, 6.45) is 7.50. The Bertz CT molecular complexity index is 790. The molecule has 5 heteroatoms. The monoisotopic (exact) mass is 389 g/mol. The highest BCUT2D eigenvalue weighted by Gasteiger charge is 2.22. The summed E-state index contributed by atoms with van der Waals surface area (Å²) >= 11 is 0. The van der Waals surface area contributed by atoms with Gasteiger partial charge in [-0.15, -0.1) is 0 Å². The number of rotatable bonds is 9. The third-order valence-electron chi connectivity index (χ3n) is 4.95. The van der Waals surface area contributed by atoms with Gasteiger partial charge in [0.1, 0.15) is 0 Å². The zero-order valence-electron chi connectivity index (χ0n) is 17.7. The normalized spacial score (nSPS) is 11.9. The van der Waals surface area contributed by atoms with E-state index in [1.54, 1.807) is 0 Å². The molecule has 0 radical (unpaired) electrons. The molecule has 0 aliphatic heterocycles. The predicted molar refractivity (Wildman–Crippen MR) is 117 cm³/mol. The summed E-state index contributed by atoms with van der Waals surface area (Å²) in [6, 6.07) is 16.3. The van der Waals surface area contributed by atoms with Crippen molar-refractivity contribution in [3.63, 3.8) is 0 Å². The van der Waals surface area contributed by atoms with E-state index in [4.69, 9.17) is 0 Å². The molecular formula is C24H31N5. The van der Waals surface area contributed by atoms with Gasteiger partial charge in [0.05, 0.1) is 11.4 Å². The molecule has 0 spiro atoms. The Labute approximate surface area is 174 Å². The topological polar surface area (TPSA) is 45.2 Å². The predicted octanol–water partition coefficient (Wildman–Crippen LogP) is 4.17. The summed E-state index contributed by atoms with van der Waals surface area (Å²) in [5.41, 5.74) is 3.47. The van der Waals surface area contributed by atoms with Gasteiger partial charge in [0.25, 0.3) is 0 Å². The van der Waals surface area contributed by atoms with Crippen molar-refractivity contribution in [3.05, 3.63) is 90.3 Å². The minimum Gasteiger partial charge on any atom is -0.293 e. The number of aromatic nitrogens is 3. The third kappa shape index (κ3) is 7.04. The van der Waals surface area contributed by atoms with Crippen molar-refractivity contribution in [1.29, 1.82) is 0 Å². The van der Waals surface area contributed by atoms with Crippen LogP contribution >= 0.6 is 0 Å². The van der Waals surface area contributed by atoms with Crippen LogP contribution in [0, 0.1) is 0 Å². The van der Waals surface area contributed by atoms with Crippen molar-refractivity contribution in [2.75, 3.05) is 13.1 Å². The van der Waals surface area contributed by atoms with Gasteiger partial charge in [-0.1, -0.05) is 18.2 Å². The van der Waals surface area contributed by atoms with Gasteiger partial charge in [0.15, 0.2) is 0 Å². The van der Waals surface area contributed by atoms with Crippen molar-refractivity contribution in [1.82, 2.24) is 24.8 Å². The molecule has 0 saturated carbocycles. The second-order valence-corrected chi connectivity index (χ2v) is 8.31. The average molecular weight is 390 g/mol. The molecule has 0 saturated heterocycles. The van der Waals surface area contributed by atoms with Crippen molar-refractivity contribution in [2.24, 2.45) is 0 Å². The number of pyridine rings is 3. The maximum Gasteiger partial charge on any atom is 0.0544 e. The van der Waals surface area contributed by atoms with E-state index in [2.05, 4.69) is 63.7 Å². The van der Waals surface area contributed by atoms with Crippen LogP contribution in [0.3, 0.4) is 0 Å². The Kier molecular flexibility index (Phi) is 7.44. The van der Waals surface area contributed by atoms with Crippen molar-refractivity contribution < 1.29 is 0 Å². The summed E-state index contributed by atoms with van der Waals surface area (Å²) < 4.78 is 0. The lowest BCUT2D eigenvalue weighted by Gasteiger charge is -2.37. The van der Waals surface area contributed by atoms with Gasteiger partial charge in [0, 0.05) is 63.1 Å². The van der Waals surface area contributed by atoms with Gasteiger partial charge in [-0.3, -0.25) is 24.8 Å². The zero-order valence-corrected chi connectivity index (χ0v) is 17.7. The maximum atomic E-state index is 4.52. The average Bonchev–Trinajstić information content (AvgIpc) is 2.72. The lowest BCUT2D eigenvalue weighted by atomic mass is 10.0. The van der Waals surface area contributed by atoms with Gasteiger partial charge in [-0.05, 0) is 56.7 Å². The lowest BCUT2D eigenvalue weighted by Crippen LogP contribution is -2.45. The molecule has 0 aliphatic rings. The van der Waals surface area contributed by atoms with Crippen LogP contribution < -0.4 is 0 Å². The molecule has 0 atom stereocenters. The van der Waals surface area contributed by atoms with Crippen molar-refractivity contribution in [3.8, 4) is 0 Å². The van der Waals surface area contributed by atoms with Crippen LogP contribution in [0.2, 0.25) is 0 Å². The quantitative estimate of drug-likeness (QED) is 0.549. The minimum atomic E-state index is 0.0670. The fraction of sp³-hybridized carbons (Fsp3) is 0.375. The van der Waals surface area contributed by atoms with Crippen LogP contribution in [0.4, 0.5) is 0 Å². The number of hydrogen-bond donors (Lipinski definition) is 0. The van der Waals surface area contributed by atoms with Crippen LogP contribution in [0.5, 0.6) is 0 Å². The molecule has 3 heterocycles. The highest BCUT2D eigenvalue weighted by Crippen LogP contribution is 2.17. The Hall–Kier alpha value is -2.63. The summed E-state index contributed by atoms with van der Waals surface area (Å²) in [7, 11) is 0. The molecule has 5 nitrogen and oxygen atoms in total. The van der Waals surface area contributed by atoms with Crippen LogP contribution in [0.25, 0.3) is 0 Å². The third-order valence-corrected chi connectivity index (χ3v) is 4.95. The second-order valence-electron chi connectivity index (χ2n) is 8.31. The van der Waals surface area contributed by atoms with Crippen LogP contribution in [-0.4, -0.2) is 43.4 Å². The number of nitrogens with zero attached hydrogens (tertiary/aromatic N) is 5. The molecule has 3 aromatic heterocycles. The molecule has 0 aromatic carbocycles. The molecule has 29 heavy (non-hydrogen) atoms. The molecule has 0 N–H and O–H groups in total. The lowest BCUT2D eigenvalue weighted by molar-refractivity contribution is 0.102. The van der Waals surface area contributed by atoms with Crippen LogP contribution in [0.1, 0.15) is 37.7 Å². The zero-order chi connectivity index (χ0) is 20.5. The van der Waals surface area contributed by atoms with Crippen LogP contribution in [0.15, 0.2) is 73.3 Å². The van der Waals surface area contributed by atoms with E-state index in [9.17, 15) is 0 Å². The first kappa shape index (κ1) is 21.1. The highest BCUT2D eigenvalue weighted by atomic mass is 15.2. The van der Waals surface area contributed by atoms with E-state index < -0.39 is 0 Å². The summed E-state index contributed by atoms with van der Waals surface area (Å²) in [5.74, 6) is 0. The van der Waals surface area contributed by atoms with E-state index in [0.717, 1.165) is 44.1 Å². The largest absolute Gasteiger partial charge is 0.293 e. The molecule has 0 unspecified atom stereocenters. The Morgan fingerprint density at radius 3 is 1.86 bits per heavy atom. The van der Waals surface area contributed by atoms with Crippen molar-refractivity contribution >= 4 is 0 Å². The van der Waals surface area contributed by atoms with E-state index in [0.29, 0.717) is 0 Å². The van der Waals surface area contributed by atoms with Gasteiger partial charge in [0.2, 0.25) is 0 Å². The summed E-state index contributed by atoms with van der Waals surface area (Å²) in [5, 5.41) is 0. The van der Waals surface area contributed by atoms with E-state index in [-0.39, 0.29) is 5.54 Å². The van der Waals surface area contributed by atoms with E-state index >= 15 is 0 Å². The molecule has 152 valence electrons. The molecule has 3 rings (SSSR count). The fourth-order valence-corrected chi connectivity index (χ4v) is 3.28. The van der Waals surface area contributed by atoms with Gasteiger partial charge in [-0.2, -0.15) is 0 Å². The molecule has 0 amide bonds. The standard InChI is InChI=1S/C24H31N5/c1-24(2,3)29(18-21-9-8-12-25-17-21)16-15-28(19-22-10-4-6-13-26-22)20-23-11-5-7-14-27-23/h4-14,17H,15-16,18-20H2,1-3H3. The van der Waals surface area contributed by atoms with Crippen molar-refractivity contribution in [2.45, 2.75) is 45.9 Å². The molecule has 0 bridgehead atoms. The van der Waals surface area contributed by atoms with E-state index in [1.807, 2.05) is 55.1 Å². The molecular weight excluding hydrogens is 358 g/mol. The minimum absolute atomic E-state index is 0.0670. The second kappa shape index (κ2) is 10.2. The van der Waals surface area contributed by atoms with E-state index in [1.165, 1.54) is 5.56 Å². The fourth-order valence-electron chi connectivity index (χ4n) is 3.28. The Morgan fingerprint density at radius 2 is 1.38 bits per heavy atom. The van der Waals surface area contributed by atoms with Gasteiger partial charge >= 0.3 is 0 Å². The Morgan fingerprint density at radius 1 is 0.724 bits per heavy atom. The van der Waals surface area contributed by atoms with Crippen LogP contribution in [-0.2, 0) is 19.6 Å². The van der Waals surface area contributed by atoms with Gasteiger partial charge in [-0.25, -0.2) is 0 Å². The molecule has 0 aliphatic carbocycles. The first-order valence-corrected chi connectivity index (χ1v) is 10.2. The smallest absolute Gasteiger partial charge is 0.0544 e. The van der Waals surface area contributed by atoms with Gasteiger partial charge < -0.3 is 0 Å². The molecule has 3 aromatic rings. The number of hydrogen-bond acceptors (Lipinski definition) is 5. The summed E-state index contributed by atoms with van der Waals surface area (Å²) in [6.45, 7) is 11.2. The highest BCUT2D eigenvalue weighted by molar-refractivity contribution is 5.09. The first-order valence-electron chi connectivity index (χ1n) is 10.2. The summed E-state index contributed by atoms with van der Waals surface area (Å²) in [4.78, 5) is 18.2. The maximum absolute atomic E-state index is 4.52. The first-order chi connectivity index (χ1) is 14.0. The molecule has 0 fully saturated rings.